The Morgan fingerprint density at radius 3 is 2.69 bits per heavy atom. The van der Waals surface area contributed by atoms with Crippen molar-refractivity contribution in [3.63, 3.8) is 0 Å². The standard InChI is InChI=1S/C9H18N2OS/c1-13(10,12)11-7-6-8-4-2-3-5-9(8)11/h8-10H,2-7H2,1H3/t8-,9-,13?/m0/s1. The fourth-order valence-corrected chi connectivity index (χ4v) is 4.04. The molecule has 2 fully saturated rings. The Labute approximate surface area is 80.6 Å². The molecule has 0 aromatic rings. The zero-order chi connectivity index (χ0) is 9.47. The van der Waals surface area contributed by atoms with Crippen LogP contribution < -0.4 is 0 Å². The Kier molecular flexibility index (Phi) is 2.36. The molecule has 1 saturated heterocycles. The van der Waals surface area contributed by atoms with Crippen molar-refractivity contribution < 1.29 is 4.21 Å². The SMILES string of the molecule is CS(=N)(=O)N1CC[C@@H]2CCCC[C@@H]21. The van der Waals surface area contributed by atoms with E-state index in [4.69, 9.17) is 4.78 Å². The predicted molar refractivity (Wildman–Crippen MR) is 53.9 cm³/mol. The smallest absolute Gasteiger partial charge is 0.105 e. The Balaban J connectivity index is 2.16. The Bertz CT molecular complexity index is 286. The third kappa shape index (κ3) is 1.74. The van der Waals surface area contributed by atoms with Crippen molar-refractivity contribution in [3.05, 3.63) is 0 Å². The van der Waals surface area contributed by atoms with E-state index in [1.165, 1.54) is 19.3 Å². The molecule has 4 heteroatoms. The minimum absolute atomic E-state index is 0.462. The minimum atomic E-state index is -2.44. The molecular weight excluding hydrogens is 184 g/mol. The van der Waals surface area contributed by atoms with Gasteiger partial charge in [0.1, 0.15) is 9.92 Å². The molecule has 0 spiro atoms. The molecule has 13 heavy (non-hydrogen) atoms. The number of hydrogen-bond acceptors (Lipinski definition) is 2. The molecule has 76 valence electrons. The summed E-state index contributed by atoms with van der Waals surface area (Å²) in [5.74, 6) is 0.736. The van der Waals surface area contributed by atoms with Gasteiger partial charge in [-0.2, -0.15) is 0 Å². The molecular formula is C9H18N2OS. The first-order valence-electron chi connectivity index (χ1n) is 5.09. The predicted octanol–water partition coefficient (Wildman–Crippen LogP) is 1.84. The summed E-state index contributed by atoms with van der Waals surface area (Å²) in [4.78, 5) is 0. The lowest BCUT2D eigenvalue weighted by molar-refractivity contribution is 0.266. The van der Waals surface area contributed by atoms with E-state index in [1.54, 1.807) is 6.26 Å². The van der Waals surface area contributed by atoms with Gasteiger partial charge in [-0.15, -0.1) is 0 Å². The van der Waals surface area contributed by atoms with E-state index in [0.29, 0.717) is 6.04 Å². The second-order valence-corrected chi connectivity index (χ2v) is 6.42. The van der Waals surface area contributed by atoms with Crippen LogP contribution in [-0.2, 0) is 9.92 Å². The molecule has 1 N–H and O–H groups in total. The van der Waals surface area contributed by atoms with Crippen LogP contribution in [0.15, 0.2) is 0 Å². The third-order valence-corrected chi connectivity index (χ3v) is 4.76. The molecule has 0 bridgehead atoms. The highest BCUT2D eigenvalue weighted by atomic mass is 32.2. The van der Waals surface area contributed by atoms with E-state index >= 15 is 0 Å². The van der Waals surface area contributed by atoms with Crippen LogP contribution in [-0.4, -0.2) is 27.4 Å². The van der Waals surface area contributed by atoms with Crippen LogP contribution in [0.3, 0.4) is 0 Å². The molecule has 1 heterocycles. The number of hydrogen-bond donors (Lipinski definition) is 1. The van der Waals surface area contributed by atoms with Gasteiger partial charge < -0.3 is 0 Å². The molecule has 1 saturated carbocycles. The molecule has 0 aromatic carbocycles. The Hall–Kier alpha value is -0.0900. The fourth-order valence-electron chi connectivity index (χ4n) is 2.80. The highest BCUT2D eigenvalue weighted by Crippen LogP contribution is 2.37. The van der Waals surface area contributed by atoms with E-state index in [9.17, 15) is 4.21 Å². The monoisotopic (exact) mass is 202 g/mol. The first kappa shape index (κ1) is 9.46. The molecule has 2 rings (SSSR count). The first-order valence-corrected chi connectivity index (χ1v) is 7.02. The lowest BCUT2D eigenvalue weighted by atomic mass is 9.86. The van der Waals surface area contributed by atoms with Gasteiger partial charge >= 0.3 is 0 Å². The van der Waals surface area contributed by atoms with Crippen LogP contribution in [0.25, 0.3) is 0 Å². The first-order chi connectivity index (χ1) is 6.09. The van der Waals surface area contributed by atoms with Gasteiger partial charge in [0.05, 0.1) is 0 Å². The zero-order valence-electron chi connectivity index (χ0n) is 8.16. The summed E-state index contributed by atoms with van der Waals surface area (Å²) in [5.41, 5.74) is 0. The number of nitrogens with zero attached hydrogens (tertiary/aromatic N) is 1. The second kappa shape index (κ2) is 3.24. The fraction of sp³-hybridized carbons (Fsp3) is 1.00. The van der Waals surface area contributed by atoms with E-state index < -0.39 is 9.92 Å². The van der Waals surface area contributed by atoms with Crippen molar-refractivity contribution in [2.75, 3.05) is 12.8 Å². The molecule has 0 amide bonds. The number of rotatable bonds is 1. The summed E-state index contributed by atoms with van der Waals surface area (Å²) in [6.45, 7) is 0.883. The summed E-state index contributed by atoms with van der Waals surface area (Å²) in [5, 5.41) is 0. The van der Waals surface area contributed by atoms with Crippen molar-refractivity contribution in [3.8, 4) is 0 Å². The molecule has 2 aliphatic rings. The van der Waals surface area contributed by atoms with Crippen molar-refractivity contribution >= 4 is 9.92 Å². The van der Waals surface area contributed by atoms with Gasteiger partial charge in [0, 0.05) is 18.8 Å². The van der Waals surface area contributed by atoms with Crippen molar-refractivity contribution in [2.45, 2.75) is 38.1 Å². The van der Waals surface area contributed by atoms with Gasteiger partial charge in [0.25, 0.3) is 0 Å². The van der Waals surface area contributed by atoms with Crippen LogP contribution in [0, 0.1) is 10.7 Å². The van der Waals surface area contributed by atoms with Crippen LogP contribution in [0.5, 0.6) is 0 Å². The maximum absolute atomic E-state index is 11.6. The van der Waals surface area contributed by atoms with E-state index in [2.05, 4.69) is 0 Å². The lowest BCUT2D eigenvalue weighted by Crippen LogP contribution is -2.37. The quantitative estimate of drug-likeness (QED) is 0.693. The van der Waals surface area contributed by atoms with E-state index in [0.717, 1.165) is 25.3 Å². The van der Waals surface area contributed by atoms with E-state index in [1.807, 2.05) is 4.31 Å². The number of nitrogens with one attached hydrogen (secondary N) is 1. The second-order valence-electron chi connectivity index (χ2n) is 4.34. The summed E-state index contributed by atoms with van der Waals surface area (Å²) < 4.78 is 21.2. The van der Waals surface area contributed by atoms with Crippen LogP contribution >= 0.6 is 0 Å². The lowest BCUT2D eigenvalue weighted by Gasteiger charge is -2.31. The summed E-state index contributed by atoms with van der Waals surface area (Å²) in [7, 11) is -2.44. The average molecular weight is 202 g/mol. The minimum Gasteiger partial charge on any atom is -0.240 e. The molecule has 1 unspecified atom stereocenters. The largest absolute Gasteiger partial charge is 0.240 e. The van der Waals surface area contributed by atoms with Gasteiger partial charge in [-0.25, -0.2) is 13.3 Å². The summed E-state index contributed by atoms with van der Waals surface area (Å²) in [6, 6.07) is 0.462. The maximum atomic E-state index is 11.6. The highest BCUT2D eigenvalue weighted by Gasteiger charge is 2.38. The maximum Gasteiger partial charge on any atom is 0.105 e. The van der Waals surface area contributed by atoms with Gasteiger partial charge in [-0.1, -0.05) is 12.8 Å². The molecule has 0 radical (unpaired) electrons. The number of fused-ring (bicyclic) bond motifs is 1. The molecule has 1 aliphatic carbocycles. The van der Waals surface area contributed by atoms with Crippen molar-refractivity contribution in [1.29, 1.82) is 4.78 Å². The normalized spacial score (nSPS) is 39.8. The Morgan fingerprint density at radius 2 is 2.00 bits per heavy atom. The molecule has 1 aliphatic heterocycles. The Morgan fingerprint density at radius 1 is 1.31 bits per heavy atom. The van der Waals surface area contributed by atoms with Crippen molar-refractivity contribution in [2.24, 2.45) is 5.92 Å². The summed E-state index contributed by atoms with van der Waals surface area (Å²) >= 11 is 0. The summed E-state index contributed by atoms with van der Waals surface area (Å²) in [6.07, 6.45) is 7.76. The molecule has 3 atom stereocenters. The van der Waals surface area contributed by atoms with Gasteiger partial charge in [0.15, 0.2) is 0 Å². The van der Waals surface area contributed by atoms with Crippen LogP contribution in [0.1, 0.15) is 32.1 Å². The highest BCUT2D eigenvalue weighted by molar-refractivity contribution is 7.89. The van der Waals surface area contributed by atoms with E-state index in [-0.39, 0.29) is 0 Å². The molecule has 0 aromatic heterocycles. The topological polar surface area (TPSA) is 44.2 Å². The third-order valence-electron chi connectivity index (χ3n) is 3.41. The van der Waals surface area contributed by atoms with Crippen molar-refractivity contribution in [1.82, 2.24) is 4.31 Å². The average Bonchev–Trinajstić information content (AvgIpc) is 2.45. The molecule has 3 nitrogen and oxygen atoms in total. The van der Waals surface area contributed by atoms with Crippen LogP contribution in [0.2, 0.25) is 0 Å². The zero-order valence-corrected chi connectivity index (χ0v) is 8.98. The van der Waals surface area contributed by atoms with Gasteiger partial charge in [0.2, 0.25) is 0 Å². The van der Waals surface area contributed by atoms with Gasteiger partial charge in [-0.3, -0.25) is 0 Å². The van der Waals surface area contributed by atoms with Gasteiger partial charge in [-0.05, 0) is 25.2 Å². The van der Waals surface area contributed by atoms with Crippen LogP contribution in [0.4, 0.5) is 0 Å².